The molecule has 2 aliphatic rings. The second kappa shape index (κ2) is 7.86. The fourth-order valence-electron chi connectivity index (χ4n) is 4.08. The highest BCUT2D eigenvalue weighted by Gasteiger charge is 2.60. The molecule has 4 rings (SSSR count). The van der Waals surface area contributed by atoms with Gasteiger partial charge in [-0.25, -0.2) is 0 Å². The number of halogens is 3. The topological polar surface area (TPSA) is 32.3 Å². The molecule has 1 aromatic carbocycles. The number of hydrogen-bond acceptors (Lipinski definition) is 3. The maximum Gasteiger partial charge on any atom is 0.349 e. The fraction of sp³-hybridized carbons (Fsp3) is 0.450. The number of thiophene rings is 1. The molecule has 3 nitrogen and oxygen atoms in total. The van der Waals surface area contributed by atoms with Crippen LogP contribution < -0.4 is 5.32 Å². The van der Waals surface area contributed by atoms with E-state index in [-0.39, 0.29) is 36.0 Å². The van der Waals surface area contributed by atoms with Crippen LogP contribution >= 0.6 is 23.7 Å². The highest BCUT2D eigenvalue weighted by molar-refractivity contribution is 7.07. The molecular formula is C20H23ClF2N2OS. The number of nitrogens with zero attached hydrogens (tertiary/aromatic N) is 1. The van der Waals surface area contributed by atoms with Crippen LogP contribution in [0.5, 0.6) is 0 Å². The van der Waals surface area contributed by atoms with Gasteiger partial charge in [-0.05, 0) is 60.2 Å². The molecule has 1 atom stereocenters. The van der Waals surface area contributed by atoms with E-state index in [1.165, 1.54) is 28.4 Å². The van der Waals surface area contributed by atoms with Crippen molar-refractivity contribution >= 4 is 29.7 Å². The van der Waals surface area contributed by atoms with Crippen LogP contribution in [0.2, 0.25) is 0 Å². The predicted octanol–water partition coefficient (Wildman–Crippen LogP) is 4.43. The molecule has 1 aliphatic carbocycles. The third-order valence-corrected chi connectivity index (χ3v) is 6.45. The molecule has 2 heterocycles. The molecule has 2 fully saturated rings. The Hall–Kier alpha value is -1.50. The predicted molar refractivity (Wildman–Crippen MR) is 105 cm³/mol. The quantitative estimate of drug-likeness (QED) is 0.787. The molecule has 2 aromatic rings. The van der Waals surface area contributed by atoms with Crippen LogP contribution in [-0.4, -0.2) is 29.9 Å². The van der Waals surface area contributed by atoms with Crippen molar-refractivity contribution < 1.29 is 13.6 Å². The van der Waals surface area contributed by atoms with E-state index in [1.54, 1.807) is 18.2 Å². The van der Waals surface area contributed by atoms with Crippen molar-refractivity contribution in [2.45, 2.75) is 37.8 Å². The van der Waals surface area contributed by atoms with Crippen LogP contribution in [0.15, 0.2) is 47.2 Å². The average Bonchev–Trinajstić information content (AvgIpc) is 3.09. The largest absolute Gasteiger partial charge is 0.349 e. The number of benzene rings is 1. The number of rotatable bonds is 5. The lowest BCUT2D eigenvalue weighted by atomic mass is 9.93. The molecule has 1 amide bonds. The first-order valence-corrected chi connectivity index (χ1v) is 9.93. The van der Waals surface area contributed by atoms with Gasteiger partial charge in [0.2, 0.25) is 0 Å². The smallest absolute Gasteiger partial charge is 0.329 e. The highest BCUT2D eigenvalue weighted by atomic mass is 35.5. The monoisotopic (exact) mass is 412 g/mol. The summed E-state index contributed by atoms with van der Waals surface area (Å²) in [6.07, 6.45) is 2.72. The maximum atomic E-state index is 15.0. The molecule has 1 unspecified atom stereocenters. The number of alkyl halides is 2. The first-order valence-electron chi connectivity index (χ1n) is 8.99. The zero-order valence-electron chi connectivity index (χ0n) is 14.9. The Morgan fingerprint density at radius 1 is 1.22 bits per heavy atom. The van der Waals surface area contributed by atoms with Crippen molar-refractivity contribution in [3.8, 4) is 0 Å². The lowest BCUT2D eigenvalue weighted by molar-refractivity contribution is -0.161. The van der Waals surface area contributed by atoms with E-state index in [0.717, 1.165) is 37.9 Å². The summed E-state index contributed by atoms with van der Waals surface area (Å²) in [6, 6.07) is 9.24. The number of nitrogens with one attached hydrogen (secondary N) is 1. The second-order valence-electron chi connectivity index (χ2n) is 7.34. The molecule has 7 heteroatoms. The number of amides is 1. The Balaban J connectivity index is 0.00000210. The van der Waals surface area contributed by atoms with Gasteiger partial charge in [0.05, 0.1) is 0 Å². The Bertz CT molecular complexity index is 764. The summed E-state index contributed by atoms with van der Waals surface area (Å²) < 4.78 is 29.9. The first-order chi connectivity index (χ1) is 12.5. The highest BCUT2D eigenvalue weighted by Crippen LogP contribution is 2.56. The summed E-state index contributed by atoms with van der Waals surface area (Å²) in [7, 11) is 0. The molecule has 1 spiro atoms. The van der Waals surface area contributed by atoms with E-state index < -0.39 is 11.8 Å². The molecule has 0 bridgehead atoms. The van der Waals surface area contributed by atoms with Crippen molar-refractivity contribution in [3.63, 3.8) is 0 Å². The average molecular weight is 413 g/mol. The van der Waals surface area contributed by atoms with Crippen molar-refractivity contribution in [1.82, 2.24) is 10.2 Å². The minimum atomic E-state index is -3.51. The lowest BCUT2D eigenvalue weighted by Crippen LogP contribution is -2.45. The molecule has 1 saturated carbocycles. The van der Waals surface area contributed by atoms with Crippen molar-refractivity contribution in [1.29, 1.82) is 0 Å². The van der Waals surface area contributed by atoms with Crippen LogP contribution in [0, 0.1) is 5.41 Å². The van der Waals surface area contributed by atoms with Gasteiger partial charge in [-0.2, -0.15) is 20.1 Å². The Kier molecular flexibility index (Phi) is 5.89. The third kappa shape index (κ3) is 3.89. The zero-order valence-corrected chi connectivity index (χ0v) is 16.5. The SMILES string of the molecule is Cl.O=C(N(Cc1ccsc1)C1CC12CCNCC2)C(F)(F)c1ccccc1. The summed E-state index contributed by atoms with van der Waals surface area (Å²) in [5, 5.41) is 7.17. The number of hydrogen-bond donors (Lipinski definition) is 1. The Morgan fingerprint density at radius 3 is 2.56 bits per heavy atom. The number of carbonyl (C=O) groups is 1. The van der Waals surface area contributed by atoms with E-state index >= 15 is 0 Å². The van der Waals surface area contributed by atoms with Crippen LogP contribution in [0.25, 0.3) is 0 Å². The molecular weight excluding hydrogens is 390 g/mol. The molecule has 27 heavy (non-hydrogen) atoms. The summed E-state index contributed by atoms with van der Waals surface area (Å²) in [6.45, 7) is 2.04. The van der Waals surface area contributed by atoms with Crippen LogP contribution in [0.4, 0.5) is 8.78 Å². The third-order valence-electron chi connectivity index (χ3n) is 5.72. The zero-order chi connectivity index (χ0) is 18.2. The van der Waals surface area contributed by atoms with Crippen LogP contribution in [-0.2, 0) is 17.3 Å². The number of piperidine rings is 1. The molecule has 1 aliphatic heterocycles. The Labute approximate surface area is 168 Å². The van der Waals surface area contributed by atoms with Gasteiger partial charge in [0, 0.05) is 18.2 Å². The van der Waals surface area contributed by atoms with Crippen LogP contribution in [0.3, 0.4) is 0 Å². The summed E-state index contributed by atoms with van der Waals surface area (Å²) >= 11 is 1.52. The van der Waals surface area contributed by atoms with Gasteiger partial charge < -0.3 is 10.2 Å². The molecule has 1 saturated heterocycles. The van der Waals surface area contributed by atoms with E-state index in [9.17, 15) is 13.6 Å². The first kappa shape index (κ1) is 20.2. The number of carbonyl (C=O) groups excluding carboxylic acids is 1. The van der Waals surface area contributed by atoms with Gasteiger partial charge in [-0.3, -0.25) is 4.79 Å². The summed E-state index contributed by atoms with van der Waals surface area (Å²) in [5.41, 5.74) is 0.701. The van der Waals surface area contributed by atoms with Crippen molar-refractivity contribution in [2.75, 3.05) is 13.1 Å². The summed E-state index contributed by atoms with van der Waals surface area (Å²) in [4.78, 5) is 14.4. The minimum absolute atomic E-state index is 0. The van der Waals surface area contributed by atoms with Gasteiger partial charge >= 0.3 is 5.92 Å². The molecule has 0 radical (unpaired) electrons. The standard InChI is InChI=1S/C20H22F2N2OS.ClH/c21-20(22,16-4-2-1-3-5-16)18(25)24(13-15-6-11-26-14-15)17-12-19(17)7-9-23-10-8-19;/h1-6,11,14,17,23H,7-10,12-13H2;1H. The maximum absolute atomic E-state index is 15.0. The molecule has 1 aromatic heterocycles. The second-order valence-corrected chi connectivity index (χ2v) is 8.12. The Morgan fingerprint density at radius 2 is 1.93 bits per heavy atom. The molecule has 1 N–H and O–H groups in total. The van der Waals surface area contributed by atoms with Crippen LogP contribution in [0.1, 0.15) is 30.4 Å². The van der Waals surface area contributed by atoms with Gasteiger partial charge in [0.1, 0.15) is 0 Å². The van der Waals surface area contributed by atoms with E-state index in [2.05, 4.69) is 5.32 Å². The van der Waals surface area contributed by atoms with Gasteiger partial charge in [0.15, 0.2) is 0 Å². The lowest BCUT2D eigenvalue weighted by Gasteiger charge is -2.32. The molecule has 146 valence electrons. The van der Waals surface area contributed by atoms with E-state index in [0.29, 0.717) is 0 Å². The van der Waals surface area contributed by atoms with Crippen molar-refractivity contribution in [2.24, 2.45) is 5.41 Å². The summed E-state index contributed by atoms with van der Waals surface area (Å²) in [5.74, 6) is -4.58. The normalized spacial score (nSPS) is 20.7. The van der Waals surface area contributed by atoms with Crippen molar-refractivity contribution in [3.05, 3.63) is 58.3 Å². The fourth-order valence-corrected chi connectivity index (χ4v) is 4.74. The van der Waals surface area contributed by atoms with E-state index in [1.807, 2.05) is 16.8 Å². The van der Waals surface area contributed by atoms with Gasteiger partial charge in [0.25, 0.3) is 5.91 Å². The van der Waals surface area contributed by atoms with E-state index in [4.69, 9.17) is 0 Å². The van der Waals surface area contributed by atoms with Gasteiger partial charge in [-0.15, -0.1) is 12.4 Å². The minimum Gasteiger partial charge on any atom is -0.329 e. The van der Waals surface area contributed by atoms with Gasteiger partial charge in [-0.1, -0.05) is 30.3 Å².